The Kier molecular flexibility index (Phi) is 2.60. The summed E-state index contributed by atoms with van der Waals surface area (Å²) in [5.74, 6) is 0.370. The minimum absolute atomic E-state index is 0.326. The molecule has 0 aromatic carbocycles. The Morgan fingerprint density at radius 2 is 2.15 bits per heavy atom. The van der Waals surface area contributed by atoms with Crippen molar-refractivity contribution in [2.24, 2.45) is 7.05 Å². The van der Waals surface area contributed by atoms with Gasteiger partial charge in [-0.25, -0.2) is 4.98 Å². The average Bonchev–Trinajstić information content (AvgIpc) is 2.32. The van der Waals surface area contributed by atoms with Crippen LogP contribution in [0.5, 0.6) is 0 Å². The van der Waals surface area contributed by atoms with Crippen LogP contribution in [0.3, 0.4) is 0 Å². The van der Waals surface area contributed by atoms with Gasteiger partial charge in [0.2, 0.25) is 0 Å². The van der Waals surface area contributed by atoms with Gasteiger partial charge in [0.25, 0.3) is 0 Å². The third kappa shape index (κ3) is 2.00. The van der Waals surface area contributed by atoms with Gasteiger partial charge < -0.3 is 9.88 Å². The number of halogens is 3. The molecular formula is C7H10F3N3. The van der Waals surface area contributed by atoms with Crippen molar-refractivity contribution in [3.05, 3.63) is 17.7 Å². The minimum atomic E-state index is -4.33. The van der Waals surface area contributed by atoms with Crippen molar-refractivity contribution in [1.29, 1.82) is 0 Å². The van der Waals surface area contributed by atoms with Crippen LogP contribution < -0.4 is 5.32 Å². The summed E-state index contributed by atoms with van der Waals surface area (Å²) >= 11 is 0. The van der Waals surface area contributed by atoms with Gasteiger partial charge in [-0.05, 0) is 7.05 Å². The van der Waals surface area contributed by atoms with Gasteiger partial charge >= 0.3 is 6.18 Å². The van der Waals surface area contributed by atoms with E-state index in [9.17, 15) is 13.2 Å². The molecule has 0 radical (unpaired) electrons. The Labute approximate surface area is 73.6 Å². The van der Waals surface area contributed by atoms with E-state index in [1.165, 1.54) is 7.05 Å². The molecule has 0 aliphatic heterocycles. The highest BCUT2D eigenvalue weighted by atomic mass is 19.4. The second-order valence-electron chi connectivity index (χ2n) is 2.65. The maximum atomic E-state index is 12.2. The third-order valence-electron chi connectivity index (χ3n) is 1.71. The molecule has 0 saturated heterocycles. The standard InChI is InChI=1S/C7H10F3N3/c1-11-4-6-12-3-5(13(6)2)7(8,9)10/h3,11H,4H2,1-2H3. The van der Waals surface area contributed by atoms with Crippen molar-refractivity contribution in [1.82, 2.24) is 14.9 Å². The molecule has 0 fully saturated rings. The van der Waals surface area contributed by atoms with Gasteiger partial charge in [-0.3, -0.25) is 0 Å². The van der Waals surface area contributed by atoms with Crippen molar-refractivity contribution in [2.75, 3.05) is 7.05 Å². The first-order chi connectivity index (χ1) is 5.96. The van der Waals surface area contributed by atoms with Crippen molar-refractivity contribution in [2.45, 2.75) is 12.7 Å². The highest BCUT2D eigenvalue weighted by Crippen LogP contribution is 2.28. The number of aromatic nitrogens is 2. The molecule has 74 valence electrons. The quantitative estimate of drug-likeness (QED) is 0.763. The number of hydrogen-bond acceptors (Lipinski definition) is 2. The Morgan fingerprint density at radius 3 is 2.54 bits per heavy atom. The molecule has 0 saturated carbocycles. The Balaban J connectivity index is 2.99. The summed E-state index contributed by atoms with van der Waals surface area (Å²) in [4.78, 5) is 3.65. The van der Waals surface area contributed by atoms with E-state index in [0.717, 1.165) is 10.8 Å². The molecule has 0 aliphatic rings. The van der Waals surface area contributed by atoms with E-state index in [2.05, 4.69) is 10.3 Å². The maximum Gasteiger partial charge on any atom is 0.432 e. The monoisotopic (exact) mass is 193 g/mol. The second kappa shape index (κ2) is 3.37. The van der Waals surface area contributed by atoms with Crippen molar-refractivity contribution >= 4 is 0 Å². The Hall–Kier alpha value is -1.04. The highest BCUT2D eigenvalue weighted by molar-refractivity contribution is 5.08. The van der Waals surface area contributed by atoms with Crippen LogP contribution in [0.4, 0.5) is 13.2 Å². The maximum absolute atomic E-state index is 12.2. The summed E-state index contributed by atoms with van der Waals surface area (Å²) in [6, 6.07) is 0. The summed E-state index contributed by atoms with van der Waals surface area (Å²) < 4.78 is 37.7. The van der Waals surface area contributed by atoms with E-state index in [4.69, 9.17) is 0 Å². The van der Waals surface area contributed by atoms with Crippen molar-refractivity contribution < 1.29 is 13.2 Å². The Bertz CT molecular complexity index is 290. The third-order valence-corrected chi connectivity index (χ3v) is 1.71. The predicted octanol–water partition coefficient (Wildman–Crippen LogP) is 1.16. The first-order valence-electron chi connectivity index (χ1n) is 3.69. The van der Waals surface area contributed by atoms with Crippen molar-refractivity contribution in [3.8, 4) is 0 Å². The summed E-state index contributed by atoms with van der Waals surface area (Å²) in [7, 11) is 3.00. The number of imidazole rings is 1. The fourth-order valence-corrected chi connectivity index (χ4v) is 1.03. The van der Waals surface area contributed by atoms with Crippen LogP contribution >= 0.6 is 0 Å². The molecule has 0 unspecified atom stereocenters. The van der Waals surface area contributed by atoms with Crippen LogP contribution in [0, 0.1) is 0 Å². The molecule has 0 bridgehead atoms. The zero-order valence-electron chi connectivity index (χ0n) is 7.31. The predicted molar refractivity (Wildman–Crippen MR) is 41.0 cm³/mol. The van der Waals surface area contributed by atoms with Crippen molar-refractivity contribution in [3.63, 3.8) is 0 Å². The smallest absolute Gasteiger partial charge is 0.327 e. The zero-order chi connectivity index (χ0) is 10.1. The van der Waals surface area contributed by atoms with Crippen LogP contribution in [0.2, 0.25) is 0 Å². The molecule has 1 heterocycles. The first kappa shape index (κ1) is 10.0. The van der Waals surface area contributed by atoms with Gasteiger partial charge in [0.05, 0.1) is 12.7 Å². The summed E-state index contributed by atoms with van der Waals surface area (Å²) in [5, 5.41) is 2.74. The normalized spacial score (nSPS) is 12.1. The zero-order valence-corrected chi connectivity index (χ0v) is 7.31. The van der Waals surface area contributed by atoms with Gasteiger partial charge in [-0.1, -0.05) is 0 Å². The molecule has 0 aliphatic carbocycles. The molecule has 1 N–H and O–H groups in total. The van der Waals surface area contributed by atoms with Crippen LogP contribution in [-0.4, -0.2) is 16.6 Å². The Morgan fingerprint density at radius 1 is 1.54 bits per heavy atom. The first-order valence-corrected chi connectivity index (χ1v) is 3.69. The lowest BCUT2D eigenvalue weighted by Gasteiger charge is -2.08. The molecule has 13 heavy (non-hydrogen) atoms. The average molecular weight is 193 g/mol. The second-order valence-corrected chi connectivity index (χ2v) is 2.65. The van der Waals surface area contributed by atoms with E-state index in [1.807, 2.05) is 0 Å². The largest absolute Gasteiger partial charge is 0.432 e. The van der Waals surface area contributed by atoms with Crippen LogP contribution in [0.15, 0.2) is 6.20 Å². The summed E-state index contributed by atoms with van der Waals surface area (Å²) in [6.07, 6.45) is -3.49. The summed E-state index contributed by atoms with van der Waals surface area (Å²) in [5.41, 5.74) is -0.724. The number of alkyl halides is 3. The van der Waals surface area contributed by atoms with Gasteiger partial charge in [0.15, 0.2) is 0 Å². The highest BCUT2D eigenvalue weighted by Gasteiger charge is 2.34. The number of nitrogens with one attached hydrogen (secondary N) is 1. The number of nitrogens with zero attached hydrogens (tertiary/aromatic N) is 2. The van der Waals surface area contributed by atoms with Crippen LogP contribution in [0.1, 0.15) is 11.5 Å². The van der Waals surface area contributed by atoms with Crippen LogP contribution in [-0.2, 0) is 19.8 Å². The van der Waals surface area contributed by atoms with Gasteiger partial charge in [-0.15, -0.1) is 0 Å². The minimum Gasteiger partial charge on any atom is -0.327 e. The molecule has 6 heteroatoms. The molecule has 0 amide bonds. The topological polar surface area (TPSA) is 29.9 Å². The van der Waals surface area contributed by atoms with Gasteiger partial charge in [0.1, 0.15) is 11.5 Å². The lowest BCUT2D eigenvalue weighted by Crippen LogP contribution is -2.15. The number of rotatable bonds is 2. The van der Waals surface area contributed by atoms with E-state index in [0.29, 0.717) is 12.4 Å². The summed E-state index contributed by atoms with van der Waals surface area (Å²) in [6.45, 7) is 0.326. The van der Waals surface area contributed by atoms with Crippen LogP contribution in [0.25, 0.3) is 0 Å². The molecular weight excluding hydrogens is 183 g/mol. The van der Waals surface area contributed by atoms with E-state index >= 15 is 0 Å². The lowest BCUT2D eigenvalue weighted by molar-refractivity contribution is -0.143. The number of hydrogen-bond donors (Lipinski definition) is 1. The SMILES string of the molecule is CNCc1ncc(C(F)(F)F)n1C. The van der Waals surface area contributed by atoms with E-state index in [-0.39, 0.29) is 0 Å². The van der Waals surface area contributed by atoms with E-state index < -0.39 is 11.9 Å². The van der Waals surface area contributed by atoms with E-state index in [1.54, 1.807) is 7.05 Å². The molecule has 0 spiro atoms. The molecule has 0 atom stereocenters. The molecule has 1 rings (SSSR count). The fourth-order valence-electron chi connectivity index (χ4n) is 1.03. The van der Waals surface area contributed by atoms with Gasteiger partial charge in [0, 0.05) is 7.05 Å². The van der Waals surface area contributed by atoms with Gasteiger partial charge in [-0.2, -0.15) is 13.2 Å². The molecule has 1 aromatic heterocycles. The molecule has 1 aromatic rings. The molecule has 3 nitrogen and oxygen atoms in total. The lowest BCUT2D eigenvalue weighted by atomic mass is 10.4. The fraction of sp³-hybridized carbons (Fsp3) is 0.571.